The first-order valence-electron chi connectivity index (χ1n) is 6.73. The lowest BCUT2D eigenvalue weighted by molar-refractivity contribution is 0.0694. The summed E-state index contributed by atoms with van der Waals surface area (Å²) < 4.78 is 0. The molecule has 0 fully saturated rings. The summed E-state index contributed by atoms with van der Waals surface area (Å²) in [5.41, 5.74) is 3.15. The highest BCUT2D eigenvalue weighted by Crippen LogP contribution is 2.28. The number of amides is 1. The van der Waals surface area contributed by atoms with Gasteiger partial charge >= 0.3 is 5.97 Å². The molecule has 0 bridgehead atoms. The van der Waals surface area contributed by atoms with Crippen LogP contribution in [0, 0.1) is 6.92 Å². The van der Waals surface area contributed by atoms with Gasteiger partial charge in [0.15, 0.2) is 0 Å². The van der Waals surface area contributed by atoms with Crippen molar-refractivity contribution in [3.05, 3.63) is 63.4 Å². The molecule has 1 amide bonds. The number of pyridine rings is 1. The number of aromatic carboxylic acids is 1. The summed E-state index contributed by atoms with van der Waals surface area (Å²) in [4.78, 5) is 29.1. The van der Waals surface area contributed by atoms with Gasteiger partial charge < -0.3 is 10.0 Å². The number of carboxylic acid groups (broad SMARTS) is 1. The number of aromatic nitrogens is 1. The lowest BCUT2D eigenvalue weighted by Gasteiger charge is -2.16. The van der Waals surface area contributed by atoms with Gasteiger partial charge in [0, 0.05) is 23.9 Å². The minimum atomic E-state index is -0.952. The van der Waals surface area contributed by atoms with Gasteiger partial charge in [0.1, 0.15) is 5.15 Å². The summed E-state index contributed by atoms with van der Waals surface area (Å²) in [5, 5.41) is 9.40. The van der Waals surface area contributed by atoms with Crippen molar-refractivity contribution >= 4 is 23.5 Å². The van der Waals surface area contributed by atoms with Gasteiger partial charge in [-0.2, -0.15) is 0 Å². The van der Waals surface area contributed by atoms with Crippen LogP contribution in [0.3, 0.4) is 0 Å². The number of halogens is 1. The van der Waals surface area contributed by atoms with Crippen LogP contribution in [-0.4, -0.2) is 26.9 Å². The summed E-state index contributed by atoms with van der Waals surface area (Å²) in [7, 11) is 0. The number of fused-ring (bicyclic) bond motifs is 1. The zero-order chi connectivity index (χ0) is 15.9. The maximum atomic E-state index is 12.4. The molecule has 112 valence electrons. The molecular weight excluding hydrogens is 304 g/mol. The van der Waals surface area contributed by atoms with E-state index in [1.54, 1.807) is 36.1 Å². The molecule has 5 nitrogen and oxygen atoms in total. The van der Waals surface area contributed by atoms with E-state index in [0.717, 1.165) is 11.1 Å². The second kappa shape index (κ2) is 5.42. The zero-order valence-corrected chi connectivity index (χ0v) is 12.6. The molecule has 0 saturated heterocycles. The third kappa shape index (κ3) is 2.44. The van der Waals surface area contributed by atoms with Crippen LogP contribution in [0.25, 0.3) is 0 Å². The summed E-state index contributed by atoms with van der Waals surface area (Å²) in [6.45, 7) is 2.57. The average Bonchev–Trinajstić information content (AvgIpc) is 2.77. The number of carbonyl (C=O) groups is 2. The van der Waals surface area contributed by atoms with Crippen molar-refractivity contribution in [3.8, 4) is 0 Å². The number of benzene rings is 1. The van der Waals surface area contributed by atoms with E-state index >= 15 is 0 Å². The van der Waals surface area contributed by atoms with Crippen molar-refractivity contribution in [2.45, 2.75) is 20.0 Å². The first-order chi connectivity index (χ1) is 10.5. The number of carbonyl (C=O) groups excluding carboxylic acids is 1. The van der Waals surface area contributed by atoms with Crippen molar-refractivity contribution in [2.75, 3.05) is 0 Å². The maximum absolute atomic E-state index is 12.4. The smallest absolute Gasteiger partial charge is 0.335 e. The minimum absolute atomic E-state index is 0.0840. The van der Waals surface area contributed by atoms with Crippen molar-refractivity contribution in [2.24, 2.45) is 0 Å². The summed E-state index contributed by atoms with van der Waals surface area (Å²) in [5.74, 6) is -1.04. The van der Waals surface area contributed by atoms with Crippen LogP contribution in [0.5, 0.6) is 0 Å². The first-order valence-corrected chi connectivity index (χ1v) is 7.10. The minimum Gasteiger partial charge on any atom is -0.478 e. The molecule has 0 radical (unpaired) electrons. The Bertz CT molecular complexity index is 789. The Morgan fingerprint density at radius 3 is 2.82 bits per heavy atom. The molecule has 22 heavy (non-hydrogen) atoms. The molecule has 1 aliphatic heterocycles. The van der Waals surface area contributed by atoms with E-state index in [-0.39, 0.29) is 11.5 Å². The number of nitrogens with zero attached hydrogens (tertiary/aromatic N) is 2. The maximum Gasteiger partial charge on any atom is 0.335 e. The van der Waals surface area contributed by atoms with Crippen molar-refractivity contribution in [1.82, 2.24) is 9.88 Å². The SMILES string of the molecule is Cc1cc(CN2Cc3c(ccnc3Cl)C2=O)ccc1C(=O)O. The fourth-order valence-electron chi connectivity index (χ4n) is 2.66. The molecule has 3 rings (SSSR count). The molecule has 0 aliphatic carbocycles. The van der Waals surface area contributed by atoms with Crippen molar-refractivity contribution < 1.29 is 14.7 Å². The van der Waals surface area contributed by atoms with Gasteiger partial charge in [-0.15, -0.1) is 0 Å². The zero-order valence-electron chi connectivity index (χ0n) is 11.8. The Kier molecular flexibility index (Phi) is 3.58. The van der Waals surface area contributed by atoms with Crippen LogP contribution in [0.4, 0.5) is 0 Å². The summed E-state index contributed by atoms with van der Waals surface area (Å²) >= 11 is 6.03. The second-order valence-corrected chi connectivity index (χ2v) is 5.60. The predicted molar refractivity (Wildman–Crippen MR) is 81.0 cm³/mol. The lowest BCUT2D eigenvalue weighted by Crippen LogP contribution is -2.23. The van der Waals surface area contributed by atoms with Gasteiger partial charge in [-0.3, -0.25) is 4.79 Å². The first kappa shape index (κ1) is 14.5. The van der Waals surface area contributed by atoms with E-state index in [1.807, 2.05) is 0 Å². The van der Waals surface area contributed by atoms with Crippen LogP contribution in [-0.2, 0) is 13.1 Å². The Labute approximate surface area is 132 Å². The van der Waals surface area contributed by atoms with E-state index < -0.39 is 5.97 Å². The molecule has 1 N–H and O–H groups in total. The van der Waals surface area contributed by atoms with Gasteiger partial charge in [0.05, 0.1) is 12.1 Å². The normalized spacial score (nSPS) is 13.4. The van der Waals surface area contributed by atoms with E-state index in [1.165, 1.54) is 6.20 Å². The number of hydrogen-bond donors (Lipinski definition) is 1. The van der Waals surface area contributed by atoms with Crippen LogP contribution >= 0.6 is 11.6 Å². The van der Waals surface area contributed by atoms with Crippen LogP contribution in [0.1, 0.15) is 37.4 Å². The standard InChI is InChI=1S/C16H13ClN2O3/c1-9-6-10(2-3-11(9)16(21)22)7-19-8-13-12(15(19)20)4-5-18-14(13)17/h2-6H,7-8H2,1H3,(H,21,22). The highest BCUT2D eigenvalue weighted by atomic mass is 35.5. The second-order valence-electron chi connectivity index (χ2n) is 5.24. The molecule has 0 spiro atoms. The third-order valence-electron chi connectivity index (χ3n) is 3.76. The van der Waals surface area contributed by atoms with Crippen molar-refractivity contribution in [1.29, 1.82) is 0 Å². The van der Waals surface area contributed by atoms with Gasteiger partial charge in [-0.25, -0.2) is 9.78 Å². The van der Waals surface area contributed by atoms with Gasteiger partial charge in [-0.1, -0.05) is 23.7 Å². The van der Waals surface area contributed by atoms with Crippen LogP contribution < -0.4 is 0 Å². The number of carboxylic acids is 1. The van der Waals surface area contributed by atoms with Crippen molar-refractivity contribution in [3.63, 3.8) is 0 Å². The fraction of sp³-hybridized carbons (Fsp3) is 0.188. The van der Waals surface area contributed by atoms with E-state index in [0.29, 0.717) is 29.4 Å². The van der Waals surface area contributed by atoms with E-state index in [2.05, 4.69) is 4.98 Å². The molecule has 0 unspecified atom stereocenters. The van der Waals surface area contributed by atoms with Gasteiger partial charge in [0.2, 0.25) is 0 Å². The molecule has 6 heteroatoms. The molecule has 0 saturated carbocycles. The molecule has 2 heterocycles. The molecular formula is C16H13ClN2O3. The van der Waals surface area contributed by atoms with E-state index in [4.69, 9.17) is 16.7 Å². The van der Waals surface area contributed by atoms with Crippen LogP contribution in [0.2, 0.25) is 5.15 Å². The lowest BCUT2D eigenvalue weighted by atomic mass is 10.0. The number of rotatable bonds is 3. The fourth-order valence-corrected chi connectivity index (χ4v) is 2.88. The predicted octanol–water partition coefficient (Wildman–Crippen LogP) is 2.90. The van der Waals surface area contributed by atoms with Gasteiger partial charge in [0.25, 0.3) is 5.91 Å². The molecule has 1 aromatic heterocycles. The molecule has 2 aromatic rings. The largest absolute Gasteiger partial charge is 0.478 e. The van der Waals surface area contributed by atoms with Gasteiger partial charge in [-0.05, 0) is 30.2 Å². The number of aryl methyl sites for hydroxylation is 1. The Morgan fingerprint density at radius 1 is 1.41 bits per heavy atom. The molecule has 1 aliphatic rings. The highest BCUT2D eigenvalue weighted by molar-refractivity contribution is 6.30. The van der Waals surface area contributed by atoms with E-state index in [9.17, 15) is 9.59 Å². The topological polar surface area (TPSA) is 70.5 Å². The number of hydrogen-bond acceptors (Lipinski definition) is 3. The Balaban J connectivity index is 1.84. The monoisotopic (exact) mass is 316 g/mol. The summed E-state index contributed by atoms with van der Waals surface area (Å²) in [6.07, 6.45) is 1.52. The molecule has 1 aromatic carbocycles. The van der Waals surface area contributed by atoms with Crippen LogP contribution in [0.15, 0.2) is 30.5 Å². The third-order valence-corrected chi connectivity index (χ3v) is 4.09. The average molecular weight is 317 g/mol. The molecule has 0 atom stereocenters. The quantitative estimate of drug-likeness (QED) is 0.884. The Morgan fingerprint density at radius 2 is 2.18 bits per heavy atom. The highest BCUT2D eigenvalue weighted by Gasteiger charge is 2.29. The Hall–Kier alpha value is -2.40. The summed E-state index contributed by atoms with van der Waals surface area (Å²) in [6, 6.07) is 6.75.